The van der Waals surface area contributed by atoms with Crippen LogP contribution in [0.4, 0.5) is 10.1 Å². The molecular formula is C13H17FN4O2S. The van der Waals surface area contributed by atoms with Gasteiger partial charge in [-0.05, 0) is 26.0 Å². The normalized spacial score (nSPS) is 13.3. The van der Waals surface area contributed by atoms with Crippen molar-refractivity contribution < 1.29 is 12.8 Å². The van der Waals surface area contributed by atoms with E-state index in [2.05, 4.69) is 9.71 Å². The van der Waals surface area contributed by atoms with E-state index < -0.39 is 15.8 Å². The lowest BCUT2D eigenvalue weighted by molar-refractivity contribution is 0.519. The van der Waals surface area contributed by atoms with Gasteiger partial charge < -0.3 is 10.3 Å². The van der Waals surface area contributed by atoms with Gasteiger partial charge in [0.15, 0.2) is 0 Å². The average Bonchev–Trinajstić information content (AvgIpc) is 2.85. The molecule has 0 fully saturated rings. The van der Waals surface area contributed by atoms with E-state index in [1.54, 1.807) is 30.2 Å². The second kappa shape index (κ2) is 5.82. The average molecular weight is 312 g/mol. The molecule has 0 spiro atoms. The van der Waals surface area contributed by atoms with Crippen molar-refractivity contribution in [3.63, 3.8) is 0 Å². The molecule has 8 heteroatoms. The number of sulfonamides is 1. The first kappa shape index (κ1) is 15.5. The van der Waals surface area contributed by atoms with E-state index in [4.69, 9.17) is 5.73 Å². The Balaban J connectivity index is 2.22. The van der Waals surface area contributed by atoms with Crippen molar-refractivity contribution in [2.45, 2.75) is 31.3 Å². The fourth-order valence-corrected chi connectivity index (χ4v) is 3.55. The van der Waals surface area contributed by atoms with Gasteiger partial charge in [-0.2, -0.15) is 0 Å². The van der Waals surface area contributed by atoms with Crippen molar-refractivity contribution in [3.05, 3.63) is 42.2 Å². The van der Waals surface area contributed by atoms with Crippen molar-refractivity contribution >= 4 is 15.7 Å². The van der Waals surface area contributed by atoms with E-state index >= 15 is 0 Å². The lowest BCUT2D eigenvalue weighted by atomic mass is 10.2. The Kier molecular flexibility index (Phi) is 4.29. The van der Waals surface area contributed by atoms with Crippen molar-refractivity contribution in [3.8, 4) is 0 Å². The molecule has 3 N–H and O–H groups in total. The van der Waals surface area contributed by atoms with Crippen molar-refractivity contribution in [1.29, 1.82) is 0 Å². The van der Waals surface area contributed by atoms with Gasteiger partial charge in [-0.25, -0.2) is 22.5 Å². The molecular weight excluding hydrogens is 295 g/mol. The lowest BCUT2D eigenvalue weighted by Gasteiger charge is -2.16. The lowest BCUT2D eigenvalue weighted by Crippen LogP contribution is -2.36. The van der Waals surface area contributed by atoms with Crippen molar-refractivity contribution in [2.75, 3.05) is 5.73 Å². The molecule has 2 rings (SSSR count). The fraction of sp³-hybridized carbons (Fsp3) is 0.308. The predicted molar refractivity (Wildman–Crippen MR) is 77.6 cm³/mol. The van der Waals surface area contributed by atoms with E-state index in [9.17, 15) is 12.8 Å². The SMILES string of the molecule is Cc1c(F)cc(N)cc1S(=O)(=O)NC(C)Cn1ccnc1. The third kappa shape index (κ3) is 3.59. The van der Waals surface area contributed by atoms with Crippen LogP contribution in [0.5, 0.6) is 0 Å². The summed E-state index contributed by atoms with van der Waals surface area (Å²) in [6.45, 7) is 3.54. The largest absolute Gasteiger partial charge is 0.399 e. The Morgan fingerprint density at radius 3 is 2.81 bits per heavy atom. The highest BCUT2D eigenvalue weighted by Gasteiger charge is 2.22. The highest BCUT2D eigenvalue weighted by atomic mass is 32.2. The number of halogens is 1. The minimum atomic E-state index is -3.84. The van der Waals surface area contributed by atoms with Crippen LogP contribution in [0, 0.1) is 12.7 Å². The number of imidazole rings is 1. The molecule has 114 valence electrons. The number of benzene rings is 1. The fourth-order valence-electron chi connectivity index (χ4n) is 2.03. The summed E-state index contributed by atoms with van der Waals surface area (Å²) in [5, 5.41) is 0. The highest BCUT2D eigenvalue weighted by molar-refractivity contribution is 7.89. The van der Waals surface area contributed by atoms with E-state index in [1.165, 1.54) is 13.0 Å². The molecule has 0 aliphatic heterocycles. The molecule has 6 nitrogen and oxygen atoms in total. The molecule has 1 atom stereocenters. The molecule has 0 aliphatic carbocycles. The van der Waals surface area contributed by atoms with Crippen molar-refractivity contribution in [2.24, 2.45) is 0 Å². The molecule has 0 saturated carbocycles. The molecule has 1 aromatic heterocycles. The summed E-state index contributed by atoms with van der Waals surface area (Å²) in [5.41, 5.74) is 5.64. The molecule has 1 unspecified atom stereocenters. The Morgan fingerprint density at radius 2 is 2.19 bits per heavy atom. The van der Waals surface area contributed by atoms with Crippen LogP contribution in [-0.4, -0.2) is 24.0 Å². The van der Waals surface area contributed by atoms with Gasteiger partial charge in [0.1, 0.15) is 5.82 Å². The van der Waals surface area contributed by atoms with Gasteiger partial charge in [-0.3, -0.25) is 0 Å². The zero-order valence-electron chi connectivity index (χ0n) is 11.7. The minimum absolute atomic E-state index is 0.0477. The van der Waals surface area contributed by atoms with Gasteiger partial charge in [-0.15, -0.1) is 0 Å². The summed E-state index contributed by atoms with van der Waals surface area (Å²) < 4.78 is 42.6. The Hall–Kier alpha value is -1.93. The van der Waals surface area contributed by atoms with Gasteiger partial charge in [-0.1, -0.05) is 0 Å². The van der Waals surface area contributed by atoms with E-state index in [1.807, 2.05) is 0 Å². The number of nitrogens with two attached hydrogens (primary N) is 1. The third-order valence-electron chi connectivity index (χ3n) is 3.01. The monoisotopic (exact) mass is 312 g/mol. The summed E-state index contributed by atoms with van der Waals surface area (Å²) in [6.07, 6.45) is 4.94. The van der Waals surface area contributed by atoms with Crippen LogP contribution in [0.25, 0.3) is 0 Å². The van der Waals surface area contributed by atoms with E-state index in [0.29, 0.717) is 6.54 Å². The summed E-state index contributed by atoms with van der Waals surface area (Å²) >= 11 is 0. The van der Waals surface area contributed by atoms with Crippen LogP contribution >= 0.6 is 0 Å². The van der Waals surface area contributed by atoms with Gasteiger partial charge >= 0.3 is 0 Å². The molecule has 0 bridgehead atoms. The predicted octanol–water partition coefficient (Wildman–Crippen LogP) is 1.28. The van der Waals surface area contributed by atoms with Crippen LogP contribution < -0.4 is 10.5 Å². The maximum absolute atomic E-state index is 13.6. The van der Waals surface area contributed by atoms with Crippen LogP contribution in [0.3, 0.4) is 0 Å². The van der Waals surface area contributed by atoms with E-state index in [-0.39, 0.29) is 22.2 Å². The van der Waals surface area contributed by atoms with Crippen LogP contribution in [0.2, 0.25) is 0 Å². The second-order valence-electron chi connectivity index (χ2n) is 4.91. The minimum Gasteiger partial charge on any atom is -0.399 e. The number of rotatable bonds is 5. The Labute approximate surface area is 122 Å². The first-order valence-corrected chi connectivity index (χ1v) is 7.81. The summed E-state index contributed by atoms with van der Waals surface area (Å²) in [4.78, 5) is 3.75. The molecule has 1 aromatic carbocycles. The molecule has 1 heterocycles. The number of anilines is 1. The molecule has 0 amide bonds. The Morgan fingerprint density at radius 1 is 1.48 bits per heavy atom. The smallest absolute Gasteiger partial charge is 0.241 e. The summed E-state index contributed by atoms with van der Waals surface area (Å²) in [7, 11) is -3.84. The zero-order chi connectivity index (χ0) is 15.6. The van der Waals surface area contributed by atoms with Crippen molar-refractivity contribution in [1.82, 2.24) is 14.3 Å². The standard InChI is InChI=1S/C13H17FN4O2S/c1-9(7-18-4-3-16-8-18)17-21(19,20)13-6-11(15)5-12(14)10(13)2/h3-6,8-9,17H,7,15H2,1-2H3. The zero-order valence-corrected chi connectivity index (χ0v) is 12.6. The Bertz CT molecular complexity index is 729. The summed E-state index contributed by atoms with van der Waals surface area (Å²) in [6, 6.07) is 1.97. The number of aromatic nitrogens is 2. The van der Waals surface area contributed by atoms with Crippen LogP contribution in [0.15, 0.2) is 35.7 Å². The number of nitrogens with zero attached hydrogens (tertiary/aromatic N) is 2. The molecule has 21 heavy (non-hydrogen) atoms. The van der Waals surface area contributed by atoms with Gasteiger partial charge in [0.25, 0.3) is 0 Å². The molecule has 2 aromatic rings. The second-order valence-corrected chi connectivity index (χ2v) is 6.59. The number of nitrogens with one attached hydrogen (secondary N) is 1. The van der Waals surface area contributed by atoms with Crippen LogP contribution in [-0.2, 0) is 16.6 Å². The van der Waals surface area contributed by atoms with E-state index in [0.717, 1.165) is 6.07 Å². The molecule has 0 saturated heterocycles. The number of nitrogen functional groups attached to an aromatic ring is 1. The molecule has 0 aliphatic rings. The van der Waals surface area contributed by atoms with Gasteiger partial charge in [0.05, 0.1) is 11.2 Å². The third-order valence-corrected chi connectivity index (χ3v) is 4.72. The van der Waals surface area contributed by atoms with Gasteiger partial charge in [0, 0.05) is 36.2 Å². The summed E-state index contributed by atoms with van der Waals surface area (Å²) in [5.74, 6) is -0.641. The number of hydrogen-bond acceptors (Lipinski definition) is 4. The first-order chi connectivity index (χ1) is 9.79. The first-order valence-electron chi connectivity index (χ1n) is 6.33. The maximum atomic E-state index is 13.6. The van der Waals surface area contributed by atoms with Gasteiger partial charge in [0.2, 0.25) is 10.0 Å². The quantitative estimate of drug-likeness (QED) is 0.814. The topological polar surface area (TPSA) is 90.0 Å². The highest BCUT2D eigenvalue weighted by Crippen LogP contribution is 2.22. The molecule has 0 radical (unpaired) electrons. The van der Waals surface area contributed by atoms with Crippen LogP contribution in [0.1, 0.15) is 12.5 Å². The maximum Gasteiger partial charge on any atom is 0.241 e. The number of hydrogen-bond donors (Lipinski definition) is 2.